The molecule has 2 aromatic heterocycles. The van der Waals surface area contributed by atoms with Crippen LogP contribution in [0.3, 0.4) is 0 Å². The molecule has 25 heavy (non-hydrogen) atoms. The van der Waals surface area contributed by atoms with Gasteiger partial charge in [-0.2, -0.15) is 5.10 Å². The molecule has 0 radical (unpaired) electrons. The van der Waals surface area contributed by atoms with Crippen LogP contribution in [-0.2, 0) is 31.1 Å². The van der Waals surface area contributed by atoms with Gasteiger partial charge in [0, 0.05) is 36.3 Å². The molecule has 128 valence electrons. The number of H-pyrrole nitrogens is 1. The third-order valence-corrected chi connectivity index (χ3v) is 4.87. The highest BCUT2D eigenvalue weighted by Gasteiger charge is 2.22. The molecule has 0 fully saturated rings. The predicted molar refractivity (Wildman–Crippen MR) is 95.4 cm³/mol. The normalized spacial score (nSPS) is 16.6. The molecule has 0 saturated carbocycles. The van der Waals surface area contributed by atoms with Gasteiger partial charge in [0.1, 0.15) is 0 Å². The van der Waals surface area contributed by atoms with Gasteiger partial charge < -0.3 is 9.88 Å². The van der Waals surface area contributed by atoms with Crippen molar-refractivity contribution in [3.63, 3.8) is 0 Å². The molecule has 6 nitrogen and oxygen atoms in total. The zero-order chi connectivity index (χ0) is 17.4. The Morgan fingerprint density at radius 2 is 2.24 bits per heavy atom. The van der Waals surface area contributed by atoms with Gasteiger partial charge in [0.05, 0.1) is 12.1 Å². The van der Waals surface area contributed by atoms with Gasteiger partial charge in [0.2, 0.25) is 5.91 Å². The molecule has 1 aromatic carbocycles. The topological polar surface area (TPSA) is 79.8 Å². The Morgan fingerprint density at radius 1 is 1.40 bits per heavy atom. The van der Waals surface area contributed by atoms with Crippen LogP contribution in [-0.4, -0.2) is 26.7 Å². The number of amides is 1. The quantitative estimate of drug-likeness (QED) is 0.760. The minimum atomic E-state index is -0.193. The van der Waals surface area contributed by atoms with E-state index in [1.54, 1.807) is 6.07 Å². The SMILES string of the molecule is Cn1cc(CC(=O)NC2CCc3n[nH]c(=O)cc3C2)c2ccccc21. The maximum absolute atomic E-state index is 12.5. The van der Waals surface area contributed by atoms with E-state index in [1.165, 1.54) is 0 Å². The third kappa shape index (κ3) is 3.07. The molecule has 1 atom stereocenters. The Bertz CT molecular complexity index is 1000. The van der Waals surface area contributed by atoms with Crippen LogP contribution in [0.4, 0.5) is 0 Å². The smallest absolute Gasteiger partial charge is 0.264 e. The molecule has 0 spiro atoms. The van der Waals surface area contributed by atoms with Crippen LogP contribution in [0.2, 0.25) is 0 Å². The van der Waals surface area contributed by atoms with Crippen LogP contribution >= 0.6 is 0 Å². The average molecular weight is 336 g/mol. The largest absolute Gasteiger partial charge is 0.353 e. The fraction of sp³-hybridized carbons (Fsp3) is 0.316. The van der Waals surface area contributed by atoms with Crippen molar-refractivity contribution in [3.05, 3.63) is 63.7 Å². The highest BCUT2D eigenvalue weighted by molar-refractivity contribution is 5.89. The van der Waals surface area contributed by atoms with Crippen molar-refractivity contribution in [2.24, 2.45) is 7.05 Å². The molecule has 2 heterocycles. The summed E-state index contributed by atoms with van der Waals surface area (Å²) in [6.07, 6.45) is 4.65. The van der Waals surface area contributed by atoms with E-state index in [0.29, 0.717) is 12.8 Å². The lowest BCUT2D eigenvalue weighted by atomic mass is 9.92. The van der Waals surface area contributed by atoms with Gasteiger partial charge in [0.25, 0.3) is 5.56 Å². The highest BCUT2D eigenvalue weighted by Crippen LogP contribution is 2.21. The number of carbonyl (C=O) groups is 1. The van der Waals surface area contributed by atoms with Crippen molar-refractivity contribution in [1.82, 2.24) is 20.1 Å². The maximum Gasteiger partial charge on any atom is 0.264 e. The van der Waals surface area contributed by atoms with Crippen molar-refractivity contribution in [2.45, 2.75) is 31.7 Å². The molecule has 1 aliphatic rings. The first-order chi connectivity index (χ1) is 12.1. The molecule has 4 rings (SSSR count). The Kier molecular flexibility index (Phi) is 3.87. The van der Waals surface area contributed by atoms with Gasteiger partial charge in [-0.25, -0.2) is 5.10 Å². The Morgan fingerprint density at radius 3 is 3.12 bits per heavy atom. The summed E-state index contributed by atoms with van der Waals surface area (Å²) >= 11 is 0. The molecule has 1 aliphatic carbocycles. The van der Waals surface area contributed by atoms with E-state index < -0.39 is 0 Å². The summed E-state index contributed by atoms with van der Waals surface area (Å²) in [5.41, 5.74) is 3.83. The fourth-order valence-corrected chi connectivity index (χ4v) is 3.68. The van der Waals surface area contributed by atoms with Crippen molar-refractivity contribution in [1.29, 1.82) is 0 Å². The molecule has 0 aliphatic heterocycles. The number of fused-ring (bicyclic) bond motifs is 2. The molecule has 2 N–H and O–H groups in total. The molecule has 3 aromatic rings. The molecule has 0 saturated heterocycles. The summed E-state index contributed by atoms with van der Waals surface area (Å²) in [6, 6.07) is 9.74. The van der Waals surface area contributed by atoms with Gasteiger partial charge in [-0.05, 0) is 36.5 Å². The Hall–Kier alpha value is -2.89. The number of rotatable bonds is 3. The van der Waals surface area contributed by atoms with E-state index in [0.717, 1.165) is 40.6 Å². The van der Waals surface area contributed by atoms with Gasteiger partial charge >= 0.3 is 0 Å². The summed E-state index contributed by atoms with van der Waals surface area (Å²) in [5.74, 6) is 0.0163. The second-order valence-corrected chi connectivity index (χ2v) is 6.67. The lowest BCUT2D eigenvalue weighted by Gasteiger charge is -2.24. The monoisotopic (exact) mass is 336 g/mol. The van der Waals surface area contributed by atoms with Gasteiger partial charge in [0.15, 0.2) is 0 Å². The Balaban J connectivity index is 1.47. The summed E-state index contributed by atoms with van der Waals surface area (Å²) in [5, 5.41) is 10.8. The van der Waals surface area contributed by atoms with Crippen molar-refractivity contribution in [2.75, 3.05) is 0 Å². The molecule has 1 unspecified atom stereocenters. The summed E-state index contributed by atoms with van der Waals surface area (Å²) in [4.78, 5) is 23.9. The third-order valence-electron chi connectivity index (χ3n) is 4.87. The summed E-state index contributed by atoms with van der Waals surface area (Å²) in [6.45, 7) is 0. The standard InChI is InChI=1S/C19H20N4O2/c1-23-11-13(15-4-2-3-5-17(15)23)10-18(24)20-14-6-7-16-12(8-14)9-19(25)22-21-16/h2-5,9,11,14H,6-8,10H2,1H3,(H,20,24)(H,22,25). The Labute approximate surface area is 144 Å². The minimum absolute atomic E-state index is 0.0163. The van der Waals surface area contributed by atoms with E-state index in [4.69, 9.17) is 0 Å². The van der Waals surface area contributed by atoms with E-state index in [1.807, 2.05) is 36.0 Å². The molecular formula is C19H20N4O2. The van der Waals surface area contributed by atoms with Crippen molar-refractivity contribution >= 4 is 16.8 Å². The van der Waals surface area contributed by atoms with E-state index >= 15 is 0 Å². The zero-order valence-electron chi connectivity index (χ0n) is 14.1. The van der Waals surface area contributed by atoms with Crippen LogP contribution < -0.4 is 10.9 Å². The molecular weight excluding hydrogens is 316 g/mol. The number of aromatic amines is 1. The zero-order valence-corrected chi connectivity index (χ0v) is 14.1. The fourth-order valence-electron chi connectivity index (χ4n) is 3.68. The summed E-state index contributed by atoms with van der Waals surface area (Å²) < 4.78 is 2.05. The average Bonchev–Trinajstić information content (AvgIpc) is 2.91. The number of nitrogens with one attached hydrogen (secondary N) is 2. The van der Waals surface area contributed by atoms with E-state index in [2.05, 4.69) is 21.6 Å². The van der Waals surface area contributed by atoms with Gasteiger partial charge in [-0.1, -0.05) is 18.2 Å². The lowest BCUT2D eigenvalue weighted by Crippen LogP contribution is -2.40. The highest BCUT2D eigenvalue weighted by atomic mass is 16.1. The van der Waals surface area contributed by atoms with Crippen molar-refractivity contribution in [3.8, 4) is 0 Å². The maximum atomic E-state index is 12.5. The van der Waals surface area contributed by atoms with E-state index in [9.17, 15) is 9.59 Å². The van der Waals surface area contributed by atoms with Gasteiger partial charge in [-0.15, -0.1) is 0 Å². The minimum Gasteiger partial charge on any atom is -0.353 e. The molecule has 1 amide bonds. The van der Waals surface area contributed by atoms with Crippen LogP contribution in [0.25, 0.3) is 10.9 Å². The second kappa shape index (κ2) is 6.20. The number of hydrogen-bond donors (Lipinski definition) is 2. The number of aromatic nitrogens is 3. The van der Waals surface area contributed by atoms with Gasteiger partial charge in [-0.3, -0.25) is 9.59 Å². The summed E-state index contributed by atoms with van der Waals surface area (Å²) in [7, 11) is 1.99. The number of aryl methyl sites for hydroxylation is 2. The van der Waals surface area contributed by atoms with Crippen LogP contribution in [0, 0.1) is 0 Å². The molecule has 6 heteroatoms. The second-order valence-electron chi connectivity index (χ2n) is 6.67. The number of nitrogens with zero attached hydrogens (tertiary/aromatic N) is 2. The predicted octanol–water partition coefficient (Wildman–Crippen LogP) is 1.48. The first-order valence-corrected chi connectivity index (χ1v) is 8.50. The number of para-hydroxylation sites is 1. The number of carbonyl (C=O) groups excluding carboxylic acids is 1. The number of hydrogen-bond acceptors (Lipinski definition) is 3. The van der Waals surface area contributed by atoms with E-state index in [-0.39, 0.29) is 17.5 Å². The first kappa shape index (κ1) is 15.6. The van der Waals surface area contributed by atoms with Crippen LogP contribution in [0.15, 0.2) is 41.3 Å². The number of benzene rings is 1. The first-order valence-electron chi connectivity index (χ1n) is 8.50. The molecule has 0 bridgehead atoms. The van der Waals surface area contributed by atoms with Crippen LogP contribution in [0.5, 0.6) is 0 Å². The van der Waals surface area contributed by atoms with Crippen molar-refractivity contribution < 1.29 is 4.79 Å². The van der Waals surface area contributed by atoms with Crippen LogP contribution in [0.1, 0.15) is 23.2 Å². The lowest BCUT2D eigenvalue weighted by molar-refractivity contribution is -0.121.